The quantitative estimate of drug-likeness (QED) is 0.747. The Balaban J connectivity index is 2.01. The van der Waals surface area contributed by atoms with Gasteiger partial charge >= 0.3 is 7.12 Å². The van der Waals surface area contributed by atoms with Crippen LogP contribution in [-0.2, 0) is 19.5 Å². The van der Waals surface area contributed by atoms with Crippen molar-refractivity contribution in [2.75, 3.05) is 11.9 Å². The van der Waals surface area contributed by atoms with Gasteiger partial charge in [0.2, 0.25) is 5.91 Å². The second kappa shape index (κ2) is 4.62. The van der Waals surface area contributed by atoms with E-state index < -0.39 is 12.7 Å². The Hall–Kier alpha value is -1.75. The maximum atomic E-state index is 12.1. The third kappa shape index (κ3) is 2.24. The van der Waals surface area contributed by atoms with Crippen LogP contribution < -0.4 is 10.4 Å². The molecular formula is C17H22BNO3. The van der Waals surface area contributed by atoms with Crippen molar-refractivity contribution in [2.45, 2.75) is 45.1 Å². The van der Waals surface area contributed by atoms with Gasteiger partial charge in [-0.3, -0.25) is 4.79 Å². The summed E-state index contributed by atoms with van der Waals surface area (Å²) >= 11 is 0. The summed E-state index contributed by atoms with van der Waals surface area (Å²) in [6.45, 7) is 12.0. The Labute approximate surface area is 132 Å². The van der Waals surface area contributed by atoms with Crippen LogP contribution in [0.4, 0.5) is 5.69 Å². The average Bonchev–Trinajstić information content (AvgIpc) is 2.70. The van der Waals surface area contributed by atoms with Gasteiger partial charge in [-0.2, -0.15) is 0 Å². The van der Waals surface area contributed by atoms with E-state index in [1.807, 2.05) is 33.0 Å². The van der Waals surface area contributed by atoms with E-state index in [4.69, 9.17) is 9.31 Å². The van der Waals surface area contributed by atoms with Crippen molar-refractivity contribution in [3.63, 3.8) is 0 Å². The van der Waals surface area contributed by atoms with Crippen molar-refractivity contribution in [3.05, 3.63) is 36.1 Å². The van der Waals surface area contributed by atoms with Crippen LogP contribution in [0.5, 0.6) is 0 Å². The van der Waals surface area contributed by atoms with Gasteiger partial charge in [-0.05, 0) is 30.9 Å². The van der Waals surface area contributed by atoms with E-state index in [0.29, 0.717) is 12.2 Å². The largest absolute Gasteiger partial charge is 0.563 e. The Morgan fingerprint density at radius 1 is 1.27 bits per heavy atom. The summed E-state index contributed by atoms with van der Waals surface area (Å²) in [6.07, 6.45) is 0.504. The molecule has 0 aliphatic carbocycles. The van der Waals surface area contributed by atoms with Crippen LogP contribution in [0, 0.1) is 0 Å². The minimum Gasteiger partial charge on any atom is -0.534 e. The second-order valence-corrected chi connectivity index (χ2v) is 7.29. The molecule has 0 N–H and O–H groups in total. The molecule has 3 rings (SSSR count). The average molecular weight is 299 g/mol. The van der Waals surface area contributed by atoms with Gasteiger partial charge < -0.3 is 14.2 Å². The Bertz CT molecular complexity index is 666. The van der Waals surface area contributed by atoms with Crippen molar-refractivity contribution in [1.82, 2.24) is 0 Å². The molecule has 0 radical (unpaired) electrons. The van der Waals surface area contributed by atoms with Gasteiger partial charge in [0.15, 0.2) is 0 Å². The third-order valence-corrected chi connectivity index (χ3v) is 4.67. The lowest BCUT2D eigenvalue weighted by molar-refractivity contribution is -0.119. The van der Waals surface area contributed by atoms with Gasteiger partial charge in [0.05, 0.1) is 5.76 Å². The van der Waals surface area contributed by atoms with E-state index >= 15 is 0 Å². The summed E-state index contributed by atoms with van der Waals surface area (Å²) in [5, 5.41) is 0. The summed E-state index contributed by atoms with van der Waals surface area (Å²) in [6, 6.07) is 6.03. The Morgan fingerprint density at radius 2 is 1.95 bits per heavy atom. The molecule has 4 nitrogen and oxygen atoms in total. The highest BCUT2D eigenvalue weighted by Crippen LogP contribution is 2.39. The number of nitrogens with zero attached hydrogens (tertiary/aromatic N) is 1. The second-order valence-electron chi connectivity index (χ2n) is 7.29. The number of benzene rings is 1. The Kier molecular flexibility index (Phi) is 3.19. The van der Waals surface area contributed by atoms with Crippen LogP contribution in [-0.4, -0.2) is 25.7 Å². The van der Waals surface area contributed by atoms with Crippen molar-refractivity contribution in [2.24, 2.45) is 0 Å². The zero-order valence-corrected chi connectivity index (χ0v) is 13.9. The first-order chi connectivity index (χ1) is 10.1. The molecule has 116 valence electrons. The van der Waals surface area contributed by atoms with Gasteiger partial charge in [-0.1, -0.05) is 32.6 Å². The molecule has 0 aromatic heterocycles. The summed E-state index contributed by atoms with van der Waals surface area (Å²) < 4.78 is 11.7. The molecule has 1 amide bonds. The highest BCUT2D eigenvalue weighted by molar-refractivity contribution is 6.62. The minimum atomic E-state index is -0.483. The lowest BCUT2D eigenvalue weighted by Gasteiger charge is -2.37. The van der Waals surface area contributed by atoms with Crippen LogP contribution in [0.2, 0.25) is 0 Å². The molecule has 1 fully saturated rings. The summed E-state index contributed by atoms with van der Waals surface area (Å²) in [5.74, 6) is 0.787. The van der Waals surface area contributed by atoms with E-state index in [9.17, 15) is 4.79 Å². The molecule has 1 aromatic carbocycles. The first-order valence-electron chi connectivity index (χ1n) is 7.57. The number of fused-ring (bicyclic) bond motifs is 1. The Morgan fingerprint density at radius 3 is 2.55 bits per heavy atom. The van der Waals surface area contributed by atoms with Crippen molar-refractivity contribution in [1.29, 1.82) is 0 Å². The fraction of sp³-hybridized carbons (Fsp3) is 0.471. The molecule has 0 spiro atoms. The highest BCUT2D eigenvalue weighted by atomic mass is 16.7. The lowest BCUT2D eigenvalue weighted by Crippen LogP contribution is -2.42. The molecule has 2 aliphatic rings. The number of carbonyl (C=O) groups excluding carboxylic acids is 1. The van der Waals surface area contributed by atoms with Gasteiger partial charge in [-0.15, -0.1) is 0 Å². The first kappa shape index (κ1) is 15.2. The molecule has 1 saturated heterocycles. The number of hydrogen-bond acceptors (Lipinski definition) is 3. The maximum absolute atomic E-state index is 12.1. The summed E-state index contributed by atoms with van der Waals surface area (Å²) in [7, 11) is 1.38. The van der Waals surface area contributed by atoms with Crippen molar-refractivity contribution < 1.29 is 14.1 Å². The van der Waals surface area contributed by atoms with Gasteiger partial charge in [-0.25, -0.2) is 0 Å². The monoisotopic (exact) mass is 299 g/mol. The summed E-state index contributed by atoms with van der Waals surface area (Å²) in [5.41, 5.74) is 2.39. The normalized spacial score (nSPS) is 22.6. The number of amides is 1. The molecule has 5 heteroatoms. The number of hydrogen-bond donors (Lipinski definition) is 0. The SMILES string of the molecule is C=C1OB(c2ccc3c(c2)C(C)(C)CC(=O)N3C)OC1(C)C. The first-order valence-corrected chi connectivity index (χ1v) is 7.57. The minimum absolute atomic E-state index is 0.146. The predicted molar refractivity (Wildman–Crippen MR) is 88.3 cm³/mol. The van der Waals surface area contributed by atoms with Crippen LogP contribution in [0.3, 0.4) is 0 Å². The molecule has 22 heavy (non-hydrogen) atoms. The third-order valence-electron chi connectivity index (χ3n) is 4.67. The summed E-state index contributed by atoms with van der Waals surface area (Å²) in [4.78, 5) is 13.8. The molecule has 1 aromatic rings. The number of anilines is 1. The molecular weight excluding hydrogens is 277 g/mol. The fourth-order valence-corrected chi connectivity index (χ4v) is 3.03. The predicted octanol–water partition coefficient (Wildman–Crippen LogP) is 2.37. The van der Waals surface area contributed by atoms with E-state index in [1.165, 1.54) is 0 Å². The van der Waals surface area contributed by atoms with Crippen molar-refractivity contribution >= 4 is 24.2 Å². The molecule has 0 saturated carbocycles. The highest BCUT2D eigenvalue weighted by Gasteiger charge is 2.44. The van der Waals surface area contributed by atoms with E-state index in [0.717, 1.165) is 16.7 Å². The van der Waals surface area contributed by atoms with E-state index in [1.54, 1.807) is 4.90 Å². The number of rotatable bonds is 1. The molecule has 2 heterocycles. The van der Waals surface area contributed by atoms with Crippen LogP contribution in [0.25, 0.3) is 0 Å². The smallest absolute Gasteiger partial charge is 0.534 e. The molecule has 0 atom stereocenters. The topological polar surface area (TPSA) is 38.8 Å². The molecule has 0 unspecified atom stereocenters. The van der Waals surface area contributed by atoms with E-state index in [2.05, 4.69) is 26.5 Å². The van der Waals surface area contributed by atoms with Crippen molar-refractivity contribution in [3.8, 4) is 0 Å². The fourth-order valence-electron chi connectivity index (χ4n) is 3.03. The standard InChI is InChI=1S/C17H22BNO3/c1-11-17(4,5)22-18(21-11)12-7-8-14-13(9-12)16(2,3)10-15(20)19(14)6/h7-9H,1,10H2,2-6H3. The van der Waals surface area contributed by atoms with E-state index in [-0.39, 0.29) is 11.3 Å². The number of carbonyl (C=O) groups is 1. The molecule has 0 bridgehead atoms. The van der Waals surface area contributed by atoms with Gasteiger partial charge in [0.1, 0.15) is 5.60 Å². The zero-order chi connectivity index (χ0) is 16.3. The molecule has 2 aliphatic heterocycles. The van der Waals surface area contributed by atoms with Crippen LogP contribution in [0.1, 0.15) is 39.7 Å². The van der Waals surface area contributed by atoms with Gasteiger partial charge in [0, 0.05) is 24.6 Å². The van der Waals surface area contributed by atoms with Crippen LogP contribution in [0.15, 0.2) is 30.5 Å². The lowest BCUT2D eigenvalue weighted by atomic mass is 9.72. The maximum Gasteiger partial charge on any atom is 0.563 e. The van der Waals surface area contributed by atoms with Gasteiger partial charge in [0.25, 0.3) is 0 Å². The van der Waals surface area contributed by atoms with Crippen LogP contribution >= 0.6 is 0 Å². The zero-order valence-electron chi connectivity index (χ0n) is 13.9.